The van der Waals surface area contributed by atoms with Crippen LogP contribution in [-0.4, -0.2) is 27.5 Å². The van der Waals surface area contributed by atoms with Gasteiger partial charge in [0.25, 0.3) is 11.5 Å². The Hall–Kier alpha value is -2.59. The van der Waals surface area contributed by atoms with Gasteiger partial charge in [-0.05, 0) is 18.8 Å². The Bertz CT molecular complexity index is 944. The van der Waals surface area contributed by atoms with Crippen LogP contribution in [0.15, 0.2) is 9.59 Å². The summed E-state index contributed by atoms with van der Waals surface area (Å²) >= 11 is 0. The summed E-state index contributed by atoms with van der Waals surface area (Å²) in [6.45, 7) is 3.42. The number of aromatic amines is 1. The van der Waals surface area contributed by atoms with Crippen LogP contribution in [0, 0.1) is 11.8 Å². The van der Waals surface area contributed by atoms with Crippen LogP contribution in [-0.2, 0) is 21.7 Å². The number of nitrogens with one attached hydrogen (secondary N) is 3. The van der Waals surface area contributed by atoms with Crippen LogP contribution >= 0.6 is 0 Å². The maximum absolute atomic E-state index is 14.2. The van der Waals surface area contributed by atoms with Gasteiger partial charge in [-0.3, -0.25) is 23.9 Å². The summed E-state index contributed by atoms with van der Waals surface area (Å²) in [7, 11) is 0. The van der Waals surface area contributed by atoms with Crippen molar-refractivity contribution in [1.29, 1.82) is 0 Å². The first-order chi connectivity index (χ1) is 13.5. The molecule has 3 rings (SSSR count). The van der Waals surface area contributed by atoms with Crippen LogP contribution in [0.2, 0.25) is 0 Å². The Balaban J connectivity index is 2.17. The van der Waals surface area contributed by atoms with Crippen LogP contribution in [0.5, 0.6) is 0 Å². The molecule has 2 amide bonds. The average molecular weight is 416 g/mol. The lowest BCUT2D eigenvalue weighted by Gasteiger charge is -2.32. The Labute approximate surface area is 163 Å². The summed E-state index contributed by atoms with van der Waals surface area (Å²) in [5.74, 6) is -3.87. The van der Waals surface area contributed by atoms with E-state index < -0.39 is 52.1 Å². The summed E-state index contributed by atoms with van der Waals surface area (Å²) in [6, 6.07) is 0. The minimum absolute atomic E-state index is 0.0251. The van der Waals surface area contributed by atoms with Crippen molar-refractivity contribution < 1.29 is 22.8 Å². The average Bonchev–Trinajstić information content (AvgIpc) is 2.93. The number of alkyl halides is 3. The molecule has 11 heteroatoms. The van der Waals surface area contributed by atoms with Crippen molar-refractivity contribution in [2.45, 2.75) is 64.2 Å². The summed E-state index contributed by atoms with van der Waals surface area (Å²) in [5.41, 5.74) is -6.83. The van der Waals surface area contributed by atoms with Crippen LogP contribution < -0.4 is 21.9 Å². The van der Waals surface area contributed by atoms with Crippen LogP contribution in [0.4, 0.5) is 19.0 Å². The molecule has 1 aliphatic carbocycles. The number of hydrogen-bond acceptors (Lipinski definition) is 4. The third-order valence-electron chi connectivity index (χ3n) is 5.41. The second kappa shape index (κ2) is 7.34. The van der Waals surface area contributed by atoms with Crippen molar-refractivity contribution in [3.63, 3.8) is 0 Å². The molecule has 1 aromatic rings. The monoisotopic (exact) mass is 416 g/mol. The van der Waals surface area contributed by atoms with E-state index in [9.17, 15) is 32.3 Å². The second-order valence-corrected chi connectivity index (χ2v) is 8.01. The first-order valence-electron chi connectivity index (χ1n) is 9.57. The quantitative estimate of drug-likeness (QED) is 0.692. The van der Waals surface area contributed by atoms with E-state index in [4.69, 9.17) is 0 Å². The van der Waals surface area contributed by atoms with Gasteiger partial charge in [-0.2, -0.15) is 13.2 Å². The van der Waals surface area contributed by atoms with Gasteiger partial charge in [0.05, 0.1) is 0 Å². The molecule has 2 heterocycles. The number of carbonyl (C=O) groups excluding carboxylic acids is 2. The number of hydrogen-bond donors (Lipinski definition) is 3. The fourth-order valence-electron chi connectivity index (χ4n) is 4.02. The Morgan fingerprint density at radius 2 is 1.83 bits per heavy atom. The second-order valence-electron chi connectivity index (χ2n) is 8.01. The third-order valence-corrected chi connectivity index (χ3v) is 5.41. The Kier molecular flexibility index (Phi) is 5.35. The summed E-state index contributed by atoms with van der Waals surface area (Å²) < 4.78 is 43.6. The molecule has 3 N–H and O–H groups in total. The molecule has 0 radical (unpaired) electrons. The van der Waals surface area contributed by atoms with E-state index in [0.29, 0.717) is 25.7 Å². The summed E-state index contributed by atoms with van der Waals surface area (Å²) in [6.07, 6.45) is -2.17. The molecule has 0 aromatic carbocycles. The Morgan fingerprint density at radius 3 is 2.38 bits per heavy atom. The number of fused-ring (bicyclic) bond motifs is 1. The van der Waals surface area contributed by atoms with E-state index >= 15 is 0 Å². The molecule has 1 atom stereocenters. The lowest BCUT2D eigenvalue weighted by atomic mass is 9.86. The predicted octanol–water partition coefficient (Wildman–Crippen LogP) is 1.60. The zero-order valence-electron chi connectivity index (χ0n) is 16.1. The number of H-pyrrole nitrogens is 1. The maximum atomic E-state index is 14.2. The van der Waals surface area contributed by atoms with E-state index in [1.165, 1.54) is 0 Å². The lowest BCUT2D eigenvalue weighted by Crippen LogP contribution is -2.63. The van der Waals surface area contributed by atoms with E-state index in [1.54, 1.807) is 13.8 Å². The van der Waals surface area contributed by atoms with Crippen molar-refractivity contribution in [2.24, 2.45) is 11.8 Å². The number of aromatic nitrogens is 2. The molecule has 1 fully saturated rings. The lowest BCUT2D eigenvalue weighted by molar-refractivity contribution is -0.201. The van der Waals surface area contributed by atoms with Gasteiger partial charge < -0.3 is 10.6 Å². The molecular formula is C18H23F3N4O4. The minimum Gasteiger partial charge on any atom is -0.330 e. The van der Waals surface area contributed by atoms with Gasteiger partial charge in [-0.15, -0.1) is 0 Å². The number of carbonyl (C=O) groups is 2. The normalized spacial score (nSPS) is 22.5. The Morgan fingerprint density at radius 1 is 1.21 bits per heavy atom. The van der Waals surface area contributed by atoms with E-state index in [-0.39, 0.29) is 12.5 Å². The molecule has 0 saturated heterocycles. The van der Waals surface area contributed by atoms with Gasteiger partial charge in [-0.25, -0.2) is 4.79 Å². The fourth-order valence-corrected chi connectivity index (χ4v) is 4.02. The highest BCUT2D eigenvalue weighted by Gasteiger charge is 2.68. The molecule has 1 saturated carbocycles. The first kappa shape index (κ1) is 21.1. The first-order valence-corrected chi connectivity index (χ1v) is 9.57. The highest BCUT2D eigenvalue weighted by molar-refractivity contribution is 6.07. The molecule has 2 aliphatic rings. The smallest absolute Gasteiger partial charge is 0.330 e. The van der Waals surface area contributed by atoms with E-state index in [2.05, 4.69) is 0 Å². The molecule has 8 nitrogen and oxygen atoms in total. The van der Waals surface area contributed by atoms with E-state index in [0.717, 1.165) is 11.0 Å². The molecule has 0 spiro atoms. The molecule has 1 unspecified atom stereocenters. The third kappa shape index (κ3) is 3.46. The van der Waals surface area contributed by atoms with Crippen molar-refractivity contribution in [1.82, 2.24) is 14.9 Å². The predicted molar refractivity (Wildman–Crippen MR) is 97.2 cm³/mol. The fraction of sp³-hybridized carbons (Fsp3) is 0.667. The van der Waals surface area contributed by atoms with Crippen LogP contribution in [0.1, 0.15) is 51.5 Å². The van der Waals surface area contributed by atoms with Crippen LogP contribution in [0.25, 0.3) is 0 Å². The molecule has 0 bridgehead atoms. The van der Waals surface area contributed by atoms with Crippen molar-refractivity contribution >= 4 is 17.6 Å². The molecule has 1 aromatic heterocycles. The summed E-state index contributed by atoms with van der Waals surface area (Å²) in [4.78, 5) is 51.7. The topological polar surface area (TPSA) is 113 Å². The summed E-state index contributed by atoms with van der Waals surface area (Å²) in [5, 5.41) is 3.87. The number of rotatable bonds is 4. The van der Waals surface area contributed by atoms with Gasteiger partial charge in [0.15, 0.2) is 0 Å². The number of nitrogens with zero attached hydrogens (tertiary/aromatic N) is 1. The molecular weight excluding hydrogens is 393 g/mol. The molecule has 160 valence electrons. The molecule has 1 aliphatic heterocycles. The van der Waals surface area contributed by atoms with Crippen LogP contribution in [0.3, 0.4) is 0 Å². The SMILES string of the molecule is CC(C)Cn1c2c(c(=O)[nH]c1=O)C(NC(=O)C1CCCCC1)(C(F)(F)F)C(=O)N2. The number of anilines is 1. The zero-order chi connectivity index (χ0) is 21.6. The number of halogens is 3. The van der Waals surface area contributed by atoms with Crippen molar-refractivity contribution in [3.05, 3.63) is 26.4 Å². The van der Waals surface area contributed by atoms with Crippen molar-refractivity contribution in [2.75, 3.05) is 5.32 Å². The maximum Gasteiger partial charge on any atom is 0.425 e. The van der Waals surface area contributed by atoms with Crippen molar-refractivity contribution in [3.8, 4) is 0 Å². The zero-order valence-corrected chi connectivity index (χ0v) is 16.1. The number of amides is 2. The standard InChI is InChI=1S/C18H23F3N4O4/c1-9(2)8-25-12-11(14(27)23-16(25)29)17(15(28)22-12,18(19,20)21)24-13(26)10-6-4-3-5-7-10/h9-10H,3-8H2,1-2H3,(H,22,28)(H,24,26)(H,23,27,29). The van der Waals surface area contributed by atoms with E-state index in [1.807, 2.05) is 15.6 Å². The molecule has 29 heavy (non-hydrogen) atoms. The highest BCUT2D eigenvalue weighted by atomic mass is 19.4. The van der Waals surface area contributed by atoms with Gasteiger partial charge in [0.1, 0.15) is 11.4 Å². The van der Waals surface area contributed by atoms with Gasteiger partial charge in [0.2, 0.25) is 11.4 Å². The minimum atomic E-state index is -5.29. The highest BCUT2D eigenvalue weighted by Crippen LogP contribution is 2.45. The van der Waals surface area contributed by atoms with Gasteiger partial charge in [0, 0.05) is 12.5 Å². The van der Waals surface area contributed by atoms with Gasteiger partial charge in [-0.1, -0.05) is 33.1 Å². The largest absolute Gasteiger partial charge is 0.425 e. The van der Waals surface area contributed by atoms with Gasteiger partial charge >= 0.3 is 11.9 Å².